The van der Waals surface area contributed by atoms with Crippen molar-refractivity contribution in [2.75, 3.05) is 25.6 Å². The molecular weight excluding hydrogens is 267 g/mol. The minimum absolute atomic E-state index is 0.0274. The minimum atomic E-state index is -0.535. The average Bonchev–Trinajstić information content (AvgIpc) is 2.69. The molecule has 0 saturated carbocycles. The van der Waals surface area contributed by atoms with E-state index in [1.165, 1.54) is 25.3 Å². The number of amides is 2. The second kappa shape index (κ2) is 5.70. The van der Waals surface area contributed by atoms with Crippen LogP contribution in [0.4, 0.5) is 10.1 Å². The number of benzene rings is 1. The quantitative estimate of drug-likeness (QED) is 0.767. The number of rotatable bonds is 5. The number of nitrogens with one attached hydrogen (secondary N) is 1. The van der Waals surface area contributed by atoms with Crippen LogP contribution in [0.15, 0.2) is 30.0 Å². The van der Waals surface area contributed by atoms with Crippen molar-refractivity contribution in [2.45, 2.75) is 0 Å². The highest BCUT2D eigenvalue weighted by Gasteiger charge is 2.30. The van der Waals surface area contributed by atoms with Crippen molar-refractivity contribution in [1.82, 2.24) is 4.90 Å². The van der Waals surface area contributed by atoms with Gasteiger partial charge in [0, 0.05) is 17.8 Å². The van der Waals surface area contributed by atoms with E-state index in [2.05, 4.69) is 5.32 Å². The molecule has 20 heavy (non-hydrogen) atoms. The zero-order chi connectivity index (χ0) is 14.7. The standard InChI is InChI=1S/C13H13FN2O4/c1-20-11-6-8(2-3-9(11)14)15-10-7-12(18)16(4-5-17)13(10)19/h2-3,6-7,15,17H,4-5H2,1H3. The third kappa shape index (κ3) is 2.62. The van der Waals surface area contributed by atoms with Crippen LogP contribution < -0.4 is 10.1 Å². The van der Waals surface area contributed by atoms with Crippen molar-refractivity contribution in [3.05, 3.63) is 35.8 Å². The van der Waals surface area contributed by atoms with Crippen LogP contribution in [0.2, 0.25) is 0 Å². The lowest BCUT2D eigenvalue weighted by atomic mass is 10.2. The van der Waals surface area contributed by atoms with E-state index in [0.717, 1.165) is 11.0 Å². The van der Waals surface area contributed by atoms with Gasteiger partial charge in [0.1, 0.15) is 5.70 Å². The predicted molar refractivity (Wildman–Crippen MR) is 68.5 cm³/mol. The van der Waals surface area contributed by atoms with Crippen molar-refractivity contribution in [3.63, 3.8) is 0 Å². The summed E-state index contributed by atoms with van der Waals surface area (Å²) in [5.74, 6) is -1.53. The molecule has 1 aliphatic rings. The van der Waals surface area contributed by atoms with Crippen LogP contribution in [-0.4, -0.2) is 42.1 Å². The van der Waals surface area contributed by atoms with E-state index in [9.17, 15) is 14.0 Å². The number of hydrogen-bond acceptors (Lipinski definition) is 5. The molecular formula is C13H13FN2O4. The lowest BCUT2D eigenvalue weighted by Crippen LogP contribution is -2.34. The summed E-state index contributed by atoms with van der Waals surface area (Å²) in [6.45, 7) is -0.366. The Bertz CT molecular complexity index is 586. The maximum Gasteiger partial charge on any atom is 0.277 e. The molecule has 7 heteroatoms. The Kier molecular flexibility index (Phi) is 3.99. The van der Waals surface area contributed by atoms with Crippen LogP contribution in [0.5, 0.6) is 5.75 Å². The SMILES string of the molecule is COc1cc(NC2=CC(=O)N(CCO)C2=O)ccc1F. The van der Waals surface area contributed by atoms with E-state index >= 15 is 0 Å². The largest absolute Gasteiger partial charge is 0.494 e. The van der Waals surface area contributed by atoms with Gasteiger partial charge in [-0.25, -0.2) is 4.39 Å². The molecule has 0 saturated heterocycles. The normalized spacial score (nSPS) is 14.6. The number of β-amino-alcohol motifs (C(OH)–C–C–N with tert-alkyl or cyclic N) is 1. The zero-order valence-electron chi connectivity index (χ0n) is 10.7. The van der Waals surface area contributed by atoms with Gasteiger partial charge >= 0.3 is 0 Å². The summed E-state index contributed by atoms with van der Waals surface area (Å²) in [5, 5.41) is 11.5. The smallest absolute Gasteiger partial charge is 0.277 e. The van der Waals surface area contributed by atoms with E-state index in [-0.39, 0.29) is 24.6 Å². The number of nitrogens with zero attached hydrogens (tertiary/aromatic N) is 1. The van der Waals surface area contributed by atoms with E-state index in [0.29, 0.717) is 5.69 Å². The second-order valence-corrected chi connectivity index (χ2v) is 4.05. The van der Waals surface area contributed by atoms with Gasteiger partial charge in [-0.05, 0) is 12.1 Å². The molecule has 0 spiro atoms. The van der Waals surface area contributed by atoms with Crippen LogP contribution in [0.3, 0.4) is 0 Å². The highest BCUT2D eigenvalue weighted by molar-refractivity contribution is 6.17. The molecule has 0 aromatic heterocycles. The van der Waals surface area contributed by atoms with Gasteiger partial charge in [0.15, 0.2) is 11.6 Å². The van der Waals surface area contributed by atoms with Crippen LogP contribution in [0, 0.1) is 5.82 Å². The third-order valence-corrected chi connectivity index (χ3v) is 2.76. The lowest BCUT2D eigenvalue weighted by Gasteiger charge is -2.13. The number of ether oxygens (including phenoxy) is 1. The van der Waals surface area contributed by atoms with Gasteiger partial charge in [-0.15, -0.1) is 0 Å². The van der Waals surface area contributed by atoms with Gasteiger partial charge in [0.25, 0.3) is 11.8 Å². The zero-order valence-corrected chi connectivity index (χ0v) is 10.7. The van der Waals surface area contributed by atoms with E-state index in [1.807, 2.05) is 0 Å². The summed E-state index contributed by atoms with van der Waals surface area (Å²) in [6, 6.07) is 3.99. The number of halogens is 1. The van der Waals surface area contributed by atoms with Crippen molar-refractivity contribution in [2.24, 2.45) is 0 Å². The molecule has 2 N–H and O–H groups in total. The van der Waals surface area contributed by atoms with Crippen LogP contribution in [0.1, 0.15) is 0 Å². The van der Waals surface area contributed by atoms with Gasteiger partial charge < -0.3 is 15.2 Å². The summed E-state index contributed by atoms with van der Waals surface area (Å²) in [6.07, 6.45) is 1.13. The Morgan fingerprint density at radius 2 is 2.15 bits per heavy atom. The van der Waals surface area contributed by atoms with Gasteiger partial charge in [0.05, 0.1) is 20.3 Å². The number of methoxy groups -OCH3 is 1. The molecule has 0 unspecified atom stereocenters. The molecule has 2 rings (SSSR count). The lowest BCUT2D eigenvalue weighted by molar-refractivity contribution is -0.137. The van der Waals surface area contributed by atoms with E-state index in [1.54, 1.807) is 0 Å². The Morgan fingerprint density at radius 1 is 1.40 bits per heavy atom. The fourth-order valence-corrected chi connectivity index (χ4v) is 1.80. The van der Waals surface area contributed by atoms with Gasteiger partial charge in [-0.3, -0.25) is 14.5 Å². The highest BCUT2D eigenvalue weighted by Crippen LogP contribution is 2.24. The Morgan fingerprint density at radius 3 is 2.80 bits per heavy atom. The monoisotopic (exact) mass is 280 g/mol. The molecule has 1 aromatic carbocycles. The van der Waals surface area contributed by atoms with Crippen molar-refractivity contribution >= 4 is 17.5 Å². The average molecular weight is 280 g/mol. The van der Waals surface area contributed by atoms with Crippen LogP contribution in [-0.2, 0) is 9.59 Å². The molecule has 1 aromatic rings. The predicted octanol–water partition coefficient (Wildman–Crippen LogP) is 0.491. The minimum Gasteiger partial charge on any atom is -0.494 e. The van der Waals surface area contributed by atoms with Crippen LogP contribution >= 0.6 is 0 Å². The maximum absolute atomic E-state index is 13.3. The fraction of sp³-hybridized carbons (Fsp3) is 0.231. The summed E-state index contributed by atoms with van der Waals surface area (Å²) in [7, 11) is 1.33. The molecule has 2 amide bonds. The molecule has 0 aliphatic carbocycles. The van der Waals surface area contributed by atoms with E-state index < -0.39 is 17.6 Å². The number of aliphatic hydroxyl groups excluding tert-OH is 1. The molecule has 1 heterocycles. The first-order valence-electron chi connectivity index (χ1n) is 5.85. The first-order chi connectivity index (χ1) is 9.56. The van der Waals surface area contributed by atoms with Crippen molar-refractivity contribution in [3.8, 4) is 5.75 Å². The summed E-state index contributed by atoms with van der Waals surface area (Å²) in [5.41, 5.74) is 0.485. The number of aliphatic hydroxyl groups is 1. The summed E-state index contributed by atoms with van der Waals surface area (Å²) >= 11 is 0. The highest BCUT2D eigenvalue weighted by atomic mass is 19.1. The fourth-order valence-electron chi connectivity index (χ4n) is 1.80. The van der Waals surface area contributed by atoms with E-state index in [4.69, 9.17) is 9.84 Å². The Hall–Kier alpha value is -2.41. The second-order valence-electron chi connectivity index (χ2n) is 4.05. The molecule has 1 aliphatic heterocycles. The van der Waals surface area contributed by atoms with Crippen LogP contribution in [0.25, 0.3) is 0 Å². The molecule has 6 nitrogen and oxygen atoms in total. The number of carbonyl (C=O) groups is 2. The maximum atomic E-state index is 13.3. The Balaban J connectivity index is 2.17. The first-order valence-corrected chi connectivity index (χ1v) is 5.85. The number of hydrogen-bond donors (Lipinski definition) is 2. The third-order valence-electron chi connectivity index (χ3n) is 2.76. The number of imide groups is 1. The topological polar surface area (TPSA) is 78.9 Å². The molecule has 106 valence electrons. The molecule has 0 bridgehead atoms. The first kappa shape index (κ1) is 14.0. The van der Waals surface area contributed by atoms with Gasteiger partial charge in [-0.1, -0.05) is 0 Å². The summed E-state index contributed by atoms with van der Waals surface area (Å²) < 4.78 is 18.1. The Labute approximate surface area is 114 Å². The molecule has 0 atom stereocenters. The summed E-state index contributed by atoms with van der Waals surface area (Å²) in [4.78, 5) is 24.4. The molecule has 0 radical (unpaired) electrons. The molecule has 0 fully saturated rings. The van der Waals surface area contributed by atoms with Gasteiger partial charge in [0.2, 0.25) is 0 Å². The van der Waals surface area contributed by atoms with Gasteiger partial charge in [-0.2, -0.15) is 0 Å². The van der Waals surface area contributed by atoms with Crippen molar-refractivity contribution < 1.29 is 23.8 Å². The number of anilines is 1. The number of carbonyl (C=O) groups excluding carboxylic acids is 2. The van der Waals surface area contributed by atoms with Crippen molar-refractivity contribution in [1.29, 1.82) is 0 Å².